The van der Waals surface area contributed by atoms with Gasteiger partial charge >= 0.3 is 5.97 Å². The molecule has 0 unspecified atom stereocenters. The Morgan fingerprint density at radius 1 is 1.19 bits per heavy atom. The van der Waals surface area contributed by atoms with Crippen LogP contribution in [-0.2, 0) is 9.59 Å². The molecule has 0 bridgehead atoms. The molecule has 134 valence electrons. The van der Waals surface area contributed by atoms with Gasteiger partial charge in [0.15, 0.2) is 5.13 Å². The van der Waals surface area contributed by atoms with Crippen molar-refractivity contribution in [1.82, 2.24) is 4.98 Å². The van der Waals surface area contributed by atoms with Crippen molar-refractivity contribution in [3.63, 3.8) is 0 Å². The van der Waals surface area contributed by atoms with E-state index >= 15 is 0 Å². The predicted molar refractivity (Wildman–Crippen MR) is 93.9 cm³/mol. The highest BCUT2D eigenvalue weighted by atomic mass is 32.1. The van der Waals surface area contributed by atoms with Crippen molar-refractivity contribution in [2.45, 2.75) is 25.7 Å². The third-order valence-electron chi connectivity index (χ3n) is 4.52. The molecular formula is C18H16FN3O3S. The number of halogens is 1. The average Bonchev–Trinajstić information content (AvgIpc) is 3.05. The summed E-state index contributed by atoms with van der Waals surface area (Å²) in [7, 11) is 0. The summed E-state index contributed by atoms with van der Waals surface area (Å²) < 4.78 is 13.1. The number of thiazole rings is 1. The first-order chi connectivity index (χ1) is 12.5. The summed E-state index contributed by atoms with van der Waals surface area (Å²) in [5, 5.41) is 21.4. The fourth-order valence-electron chi connectivity index (χ4n) is 3.06. The standard InChI is InChI=1S/C18H16FN3O3S/c19-13-7-5-10(6-8-13)15-14(9-20)26-18(21-15)22-16(23)11-1-3-12(4-2-11)17(24)25/h5-8,11-12H,1-4H2,(H,24,25)(H,21,22,23). The molecule has 2 aromatic rings. The molecule has 1 saturated carbocycles. The smallest absolute Gasteiger partial charge is 0.306 e. The molecule has 3 rings (SSSR count). The fraction of sp³-hybridized carbons (Fsp3) is 0.333. The lowest BCUT2D eigenvalue weighted by atomic mass is 9.81. The first kappa shape index (κ1) is 18.0. The number of carbonyl (C=O) groups is 2. The number of aromatic nitrogens is 1. The second-order valence-corrected chi connectivity index (χ2v) is 7.19. The SMILES string of the molecule is N#Cc1sc(NC(=O)C2CCC(C(=O)O)CC2)nc1-c1ccc(F)cc1. The van der Waals surface area contributed by atoms with Crippen LogP contribution in [0.2, 0.25) is 0 Å². The molecule has 1 aliphatic rings. The van der Waals surface area contributed by atoms with Crippen LogP contribution in [0.1, 0.15) is 30.6 Å². The number of anilines is 1. The van der Waals surface area contributed by atoms with Crippen LogP contribution in [0.15, 0.2) is 24.3 Å². The Hall–Kier alpha value is -2.79. The van der Waals surface area contributed by atoms with E-state index in [1.165, 1.54) is 24.3 Å². The summed E-state index contributed by atoms with van der Waals surface area (Å²) >= 11 is 1.06. The van der Waals surface area contributed by atoms with Gasteiger partial charge in [-0.05, 0) is 49.9 Å². The number of nitrogens with one attached hydrogen (secondary N) is 1. The number of benzene rings is 1. The fourth-order valence-corrected chi connectivity index (χ4v) is 3.85. The van der Waals surface area contributed by atoms with E-state index in [2.05, 4.69) is 10.3 Å². The van der Waals surface area contributed by atoms with Gasteiger partial charge in [-0.15, -0.1) is 0 Å². The van der Waals surface area contributed by atoms with Crippen molar-refractivity contribution < 1.29 is 19.1 Å². The number of carboxylic acids is 1. The molecule has 1 fully saturated rings. The summed E-state index contributed by atoms with van der Waals surface area (Å²) in [4.78, 5) is 28.0. The van der Waals surface area contributed by atoms with Crippen molar-refractivity contribution in [3.05, 3.63) is 35.0 Å². The van der Waals surface area contributed by atoms with Crippen LogP contribution in [0.4, 0.5) is 9.52 Å². The lowest BCUT2D eigenvalue weighted by Crippen LogP contribution is -2.29. The highest BCUT2D eigenvalue weighted by Gasteiger charge is 2.30. The zero-order chi connectivity index (χ0) is 18.7. The van der Waals surface area contributed by atoms with Crippen molar-refractivity contribution in [2.24, 2.45) is 11.8 Å². The number of nitriles is 1. The molecule has 1 aromatic carbocycles. The number of hydrogen-bond acceptors (Lipinski definition) is 5. The van der Waals surface area contributed by atoms with Crippen LogP contribution in [0.3, 0.4) is 0 Å². The Labute approximate surface area is 153 Å². The maximum absolute atomic E-state index is 13.1. The van der Waals surface area contributed by atoms with Gasteiger partial charge in [0, 0.05) is 11.5 Å². The topological polar surface area (TPSA) is 103 Å². The van der Waals surface area contributed by atoms with Gasteiger partial charge in [-0.25, -0.2) is 9.37 Å². The number of nitrogens with zero attached hydrogens (tertiary/aromatic N) is 2. The van der Waals surface area contributed by atoms with E-state index in [-0.39, 0.29) is 23.6 Å². The number of hydrogen-bond donors (Lipinski definition) is 2. The maximum Gasteiger partial charge on any atom is 0.306 e. The Morgan fingerprint density at radius 2 is 1.81 bits per heavy atom. The largest absolute Gasteiger partial charge is 0.481 e. The van der Waals surface area contributed by atoms with Crippen LogP contribution in [0.5, 0.6) is 0 Å². The van der Waals surface area contributed by atoms with Gasteiger partial charge in [-0.2, -0.15) is 5.26 Å². The number of amides is 1. The average molecular weight is 373 g/mol. The van der Waals surface area contributed by atoms with E-state index in [1.807, 2.05) is 6.07 Å². The summed E-state index contributed by atoms with van der Waals surface area (Å²) in [5.41, 5.74) is 1.00. The first-order valence-electron chi connectivity index (χ1n) is 8.18. The molecule has 0 saturated heterocycles. The van der Waals surface area contributed by atoms with Crippen LogP contribution >= 0.6 is 11.3 Å². The van der Waals surface area contributed by atoms with Crippen LogP contribution < -0.4 is 5.32 Å². The van der Waals surface area contributed by atoms with E-state index in [0.717, 1.165) is 11.3 Å². The lowest BCUT2D eigenvalue weighted by Gasteiger charge is -2.24. The molecule has 26 heavy (non-hydrogen) atoms. The second kappa shape index (κ2) is 7.62. The van der Waals surface area contributed by atoms with Gasteiger partial charge in [-0.3, -0.25) is 9.59 Å². The van der Waals surface area contributed by atoms with Crippen molar-refractivity contribution in [3.8, 4) is 17.3 Å². The van der Waals surface area contributed by atoms with Gasteiger partial charge < -0.3 is 10.4 Å². The highest BCUT2D eigenvalue weighted by Crippen LogP contribution is 2.33. The zero-order valence-electron chi connectivity index (χ0n) is 13.7. The number of carbonyl (C=O) groups excluding carboxylic acids is 1. The lowest BCUT2D eigenvalue weighted by molar-refractivity contribution is -0.143. The Morgan fingerprint density at radius 3 is 2.38 bits per heavy atom. The van der Waals surface area contributed by atoms with E-state index in [1.54, 1.807) is 0 Å². The van der Waals surface area contributed by atoms with Gasteiger partial charge in [0.2, 0.25) is 5.91 Å². The molecule has 1 aromatic heterocycles. The van der Waals surface area contributed by atoms with Crippen LogP contribution in [0, 0.1) is 29.0 Å². The maximum atomic E-state index is 13.1. The van der Waals surface area contributed by atoms with E-state index in [9.17, 15) is 19.2 Å². The Bertz CT molecular complexity index is 865. The second-order valence-electron chi connectivity index (χ2n) is 6.19. The number of rotatable bonds is 4. The summed E-state index contributed by atoms with van der Waals surface area (Å²) in [6.07, 6.45) is 2.00. The molecule has 1 aliphatic carbocycles. The molecule has 1 amide bonds. The minimum atomic E-state index is -0.814. The van der Waals surface area contributed by atoms with Gasteiger partial charge in [0.1, 0.15) is 22.5 Å². The Balaban J connectivity index is 1.71. The summed E-state index contributed by atoms with van der Waals surface area (Å²) in [6.45, 7) is 0. The molecule has 2 N–H and O–H groups in total. The minimum absolute atomic E-state index is 0.210. The number of aliphatic carboxylic acids is 1. The monoisotopic (exact) mass is 373 g/mol. The van der Waals surface area contributed by atoms with E-state index in [0.29, 0.717) is 46.9 Å². The van der Waals surface area contributed by atoms with E-state index in [4.69, 9.17) is 5.11 Å². The van der Waals surface area contributed by atoms with Crippen LogP contribution in [0.25, 0.3) is 11.3 Å². The van der Waals surface area contributed by atoms with Crippen LogP contribution in [-0.4, -0.2) is 22.0 Å². The quantitative estimate of drug-likeness (QED) is 0.851. The minimum Gasteiger partial charge on any atom is -0.481 e. The van der Waals surface area contributed by atoms with Gasteiger partial charge in [-0.1, -0.05) is 11.3 Å². The van der Waals surface area contributed by atoms with Crippen molar-refractivity contribution in [2.75, 3.05) is 5.32 Å². The Kier molecular flexibility index (Phi) is 5.28. The molecular weight excluding hydrogens is 357 g/mol. The molecule has 0 radical (unpaired) electrons. The summed E-state index contributed by atoms with van der Waals surface area (Å²) in [6, 6.07) is 7.68. The molecule has 0 aliphatic heterocycles. The molecule has 0 atom stereocenters. The van der Waals surface area contributed by atoms with Gasteiger partial charge in [0.25, 0.3) is 0 Å². The van der Waals surface area contributed by atoms with E-state index < -0.39 is 5.97 Å². The summed E-state index contributed by atoms with van der Waals surface area (Å²) in [5.74, 6) is -2.04. The number of carboxylic acid groups (broad SMARTS) is 1. The third kappa shape index (κ3) is 3.89. The third-order valence-corrected chi connectivity index (χ3v) is 5.40. The highest BCUT2D eigenvalue weighted by molar-refractivity contribution is 7.16. The molecule has 6 nitrogen and oxygen atoms in total. The van der Waals surface area contributed by atoms with Crippen molar-refractivity contribution >= 4 is 28.3 Å². The van der Waals surface area contributed by atoms with Crippen molar-refractivity contribution in [1.29, 1.82) is 5.26 Å². The molecule has 1 heterocycles. The molecule has 8 heteroatoms. The predicted octanol–water partition coefficient (Wildman–Crippen LogP) is 3.65. The zero-order valence-corrected chi connectivity index (χ0v) is 14.6. The first-order valence-corrected chi connectivity index (χ1v) is 9.00. The normalized spacial score (nSPS) is 19.5. The molecule has 0 spiro atoms. The van der Waals surface area contributed by atoms with Gasteiger partial charge in [0.05, 0.1) is 5.92 Å².